The third-order valence-corrected chi connectivity index (χ3v) is 4.01. The van der Waals surface area contributed by atoms with Crippen LogP contribution in [0.2, 0.25) is 5.22 Å². The maximum absolute atomic E-state index is 6.09. The second kappa shape index (κ2) is 7.93. The van der Waals surface area contributed by atoms with Gasteiger partial charge in [-0.1, -0.05) is 6.92 Å². The van der Waals surface area contributed by atoms with Crippen LogP contribution in [0.3, 0.4) is 0 Å². The third-order valence-electron chi connectivity index (χ3n) is 3.71. The van der Waals surface area contributed by atoms with Crippen molar-refractivity contribution in [3.8, 4) is 0 Å². The van der Waals surface area contributed by atoms with Crippen molar-refractivity contribution in [3.05, 3.63) is 23.1 Å². The Morgan fingerprint density at radius 2 is 2.42 bits per heavy atom. The highest BCUT2D eigenvalue weighted by Gasteiger charge is 2.19. The molecular formula is C15H24ClNO2. The molecule has 1 aliphatic heterocycles. The Hall–Kier alpha value is -0.510. The number of hydrogen-bond donors (Lipinski definition) is 1. The first-order valence-corrected chi connectivity index (χ1v) is 7.77. The number of hydrogen-bond acceptors (Lipinski definition) is 3. The van der Waals surface area contributed by atoms with Gasteiger partial charge in [-0.2, -0.15) is 0 Å². The van der Waals surface area contributed by atoms with Crippen LogP contribution in [-0.4, -0.2) is 19.3 Å². The maximum atomic E-state index is 6.09. The van der Waals surface area contributed by atoms with Gasteiger partial charge >= 0.3 is 0 Å². The molecule has 0 spiro atoms. The SMILES string of the molecule is CCCNC(CCCC1CCCO1)c1ccoc1Cl. The lowest BCUT2D eigenvalue weighted by molar-refractivity contribution is 0.101. The highest BCUT2D eigenvalue weighted by atomic mass is 35.5. The van der Waals surface area contributed by atoms with Gasteiger partial charge in [-0.25, -0.2) is 0 Å². The normalized spacial score (nSPS) is 20.8. The predicted octanol–water partition coefficient (Wildman–Crippen LogP) is 4.32. The zero-order valence-electron chi connectivity index (χ0n) is 11.7. The molecule has 4 heteroatoms. The first-order chi connectivity index (χ1) is 9.31. The maximum Gasteiger partial charge on any atom is 0.197 e. The van der Waals surface area contributed by atoms with E-state index in [4.69, 9.17) is 20.8 Å². The number of ether oxygens (including phenoxy) is 1. The molecule has 1 aliphatic rings. The van der Waals surface area contributed by atoms with Gasteiger partial charge in [0.05, 0.1) is 12.4 Å². The number of nitrogens with one attached hydrogen (secondary N) is 1. The first-order valence-electron chi connectivity index (χ1n) is 7.39. The van der Waals surface area contributed by atoms with Crippen LogP contribution in [0.4, 0.5) is 0 Å². The van der Waals surface area contributed by atoms with Crippen LogP contribution in [0.5, 0.6) is 0 Å². The second-order valence-electron chi connectivity index (χ2n) is 5.22. The van der Waals surface area contributed by atoms with Gasteiger partial charge in [-0.3, -0.25) is 0 Å². The van der Waals surface area contributed by atoms with Crippen LogP contribution in [0.25, 0.3) is 0 Å². The molecule has 0 aromatic carbocycles. The summed E-state index contributed by atoms with van der Waals surface area (Å²) in [5, 5.41) is 4.07. The molecule has 1 N–H and O–H groups in total. The van der Waals surface area contributed by atoms with Crippen molar-refractivity contribution in [2.45, 2.75) is 57.6 Å². The quantitative estimate of drug-likeness (QED) is 0.772. The molecule has 0 radical (unpaired) electrons. The van der Waals surface area contributed by atoms with Crippen molar-refractivity contribution in [1.29, 1.82) is 0 Å². The van der Waals surface area contributed by atoms with Crippen molar-refractivity contribution in [3.63, 3.8) is 0 Å². The Labute approximate surface area is 120 Å². The molecule has 1 aromatic heterocycles. The van der Waals surface area contributed by atoms with Crippen LogP contribution in [0, 0.1) is 0 Å². The molecule has 2 heterocycles. The molecule has 2 rings (SSSR count). The number of furan rings is 1. The largest absolute Gasteiger partial charge is 0.453 e. The fraction of sp³-hybridized carbons (Fsp3) is 0.733. The van der Waals surface area contributed by atoms with E-state index >= 15 is 0 Å². The molecule has 1 aromatic rings. The molecular weight excluding hydrogens is 262 g/mol. The summed E-state index contributed by atoms with van der Waals surface area (Å²) < 4.78 is 10.9. The summed E-state index contributed by atoms with van der Waals surface area (Å²) >= 11 is 6.09. The topological polar surface area (TPSA) is 34.4 Å². The Bertz CT molecular complexity index is 361. The Balaban J connectivity index is 1.81. The summed E-state index contributed by atoms with van der Waals surface area (Å²) in [5.74, 6) is 0. The monoisotopic (exact) mass is 285 g/mol. The van der Waals surface area contributed by atoms with E-state index in [2.05, 4.69) is 12.2 Å². The van der Waals surface area contributed by atoms with Gasteiger partial charge in [0.15, 0.2) is 5.22 Å². The summed E-state index contributed by atoms with van der Waals surface area (Å²) in [6.45, 7) is 4.12. The summed E-state index contributed by atoms with van der Waals surface area (Å²) in [7, 11) is 0. The van der Waals surface area contributed by atoms with E-state index in [0.717, 1.165) is 44.4 Å². The summed E-state index contributed by atoms with van der Waals surface area (Å²) in [4.78, 5) is 0. The molecule has 108 valence electrons. The van der Waals surface area contributed by atoms with Gasteiger partial charge < -0.3 is 14.5 Å². The fourth-order valence-corrected chi connectivity index (χ4v) is 2.91. The van der Waals surface area contributed by atoms with Crippen molar-refractivity contribution >= 4 is 11.6 Å². The van der Waals surface area contributed by atoms with Gasteiger partial charge in [0.2, 0.25) is 0 Å². The number of rotatable bonds is 8. The van der Waals surface area contributed by atoms with E-state index in [1.807, 2.05) is 6.07 Å². The van der Waals surface area contributed by atoms with Crippen LogP contribution >= 0.6 is 11.6 Å². The summed E-state index contributed by atoms with van der Waals surface area (Å²) in [6.07, 6.45) is 9.10. The van der Waals surface area contributed by atoms with E-state index in [9.17, 15) is 0 Å². The predicted molar refractivity (Wildman–Crippen MR) is 77.6 cm³/mol. The Kier molecular flexibility index (Phi) is 6.21. The first kappa shape index (κ1) is 14.9. The van der Waals surface area contributed by atoms with E-state index in [1.165, 1.54) is 12.8 Å². The smallest absolute Gasteiger partial charge is 0.197 e. The van der Waals surface area contributed by atoms with Crippen LogP contribution in [0.15, 0.2) is 16.7 Å². The van der Waals surface area contributed by atoms with Gasteiger partial charge in [-0.05, 0) is 62.7 Å². The molecule has 2 atom stereocenters. The van der Waals surface area contributed by atoms with Gasteiger partial charge in [0, 0.05) is 18.2 Å². The molecule has 0 aliphatic carbocycles. The molecule has 1 saturated heterocycles. The fourth-order valence-electron chi connectivity index (χ4n) is 2.66. The highest BCUT2D eigenvalue weighted by molar-refractivity contribution is 6.29. The molecule has 19 heavy (non-hydrogen) atoms. The lowest BCUT2D eigenvalue weighted by atomic mass is 10.0. The zero-order valence-corrected chi connectivity index (χ0v) is 12.4. The summed E-state index contributed by atoms with van der Waals surface area (Å²) in [5.41, 5.74) is 1.09. The van der Waals surface area contributed by atoms with Gasteiger partial charge in [0.1, 0.15) is 0 Å². The van der Waals surface area contributed by atoms with Crippen molar-refractivity contribution in [1.82, 2.24) is 5.32 Å². The van der Waals surface area contributed by atoms with E-state index < -0.39 is 0 Å². The van der Waals surface area contributed by atoms with Gasteiger partial charge in [0.25, 0.3) is 0 Å². The molecule has 2 unspecified atom stereocenters. The van der Waals surface area contributed by atoms with E-state index in [0.29, 0.717) is 17.4 Å². The zero-order chi connectivity index (χ0) is 13.5. The van der Waals surface area contributed by atoms with Gasteiger partial charge in [-0.15, -0.1) is 0 Å². The van der Waals surface area contributed by atoms with Crippen molar-refractivity contribution in [2.24, 2.45) is 0 Å². The molecule has 0 amide bonds. The van der Waals surface area contributed by atoms with Crippen LogP contribution in [-0.2, 0) is 4.74 Å². The van der Waals surface area contributed by atoms with E-state index in [1.54, 1.807) is 6.26 Å². The molecule has 0 saturated carbocycles. The van der Waals surface area contributed by atoms with Crippen LogP contribution < -0.4 is 5.32 Å². The minimum atomic E-state index is 0.299. The average Bonchev–Trinajstić information content (AvgIpc) is 3.05. The Morgan fingerprint density at radius 3 is 3.05 bits per heavy atom. The minimum absolute atomic E-state index is 0.299. The molecule has 1 fully saturated rings. The summed E-state index contributed by atoms with van der Waals surface area (Å²) in [6, 6.07) is 2.27. The van der Waals surface area contributed by atoms with E-state index in [-0.39, 0.29) is 0 Å². The average molecular weight is 286 g/mol. The second-order valence-corrected chi connectivity index (χ2v) is 5.57. The van der Waals surface area contributed by atoms with Crippen LogP contribution in [0.1, 0.15) is 57.1 Å². The lowest BCUT2D eigenvalue weighted by Crippen LogP contribution is -2.22. The molecule has 3 nitrogen and oxygen atoms in total. The molecule has 0 bridgehead atoms. The van der Waals surface area contributed by atoms with Crippen molar-refractivity contribution in [2.75, 3.05) is 13.2 Å². The minimum Gasteiger partial charge on any atom is -0.453 e. The Morgan fingerprint density at radius 1 is 1.53 bits per heavy atom. The number of halogens is 1. The standard InChI is InChI=1S/C15H24ClNO2/c1-2-9-17-14(13-8-11-19-15(13)16)7-3-5-12-6-4-10-18-12/h8,11-12,14,17H,2-7,9-10H2,1H3. The third kappa shape index (κ3) is 4.51. The van der Waals surface area contributed by atoms with Crippen molar-refractivity contribution < 1.29 is 9.15 Å². The highest BCUT2D eigenvalue weighted by Crippen LogP contribution is 2.28. The lowest BCUT2D eigenvalue weighted by Gasteiger charge is -2.18.